The molecule has 0 aromatic heterocycles. The van der Waals surface area contributed by atoms with Crippen molar-refractivity contribution in [3.63, 3.8) is 0 Å². The van der Waals surface area contributed by atoms with Crippen molar-refractivity contribution in [2.45, 2.75) is 18.6 Å². The Morgan fingerprint density at radius 1 is 1.15 bits per heavy atom. The van der Waals surface area contributed by atoms with Crippen molar-refractivity contribution in [1.29, 1.82) is 0 Å². The van der Waals surface area contributed by atoms with Crippen LogP contribution in [0.25, 0.3) is 0 Å². The van der Waals surface area contributed by atoms with Gasteiger partial charge in [0.2, 0.25) is 0 Å². The largest absolute Gasteiger partial charge is 0.485 e. The quantitative estimate of drug-likeness (QED) is 0.738. The normalized spacial score (nSPS) is 21.2. The van der Waals surface area contributed by atoms with Crippen LogP contribution in [0.15, 0.2) is 40.9 Å². The maximum Gasteiger partial charge on any atom is 0.128 e. The van der Waals surface area contributed by atoms with Crippen LogP contribution in [0, 0.1) is 0 Å². The lowest BCUT2D eigenvalue weighted by Gasteiger charge is -2.31. The number of benzene rings is 2. The molecule has 2 N–H and O–H groups in total. The van der Waals surface area contributed by atoms with Gasteiger partial charge < -0.3 is 10.5 Å². The topological polar surface area (TPSA) is 35.2 Å². The number of hydrogen-bond donors (Lipinski definition) is 1. The highest BCUT2D eigenvalue weighted by Crippen LogP contribution is 2.44. The van der Waals surface area contributed by atoms with E-state index in [1.54, 1.807) is 0 Å². The molecule has 20 heavy (non-hydrogen) atoms. The van der Waals surface area contributed by atoms with Crippen molar-refractivity contribution in [2.24, 2.45) is 5.73 Å². The average Bonchev–Trinajstić information content (AvgIpc) is 2.38. The van der Waals surface area contributed by atoms with E-state index in [9.17, 15) is 0 Å². The van der Waals surface area contributed by atoms with Gasteiger partial charge in [-0.15, -0.1) is 0 Å². The van der Waals surface area contributed by atoms with Gasteiger partial charge in [0.05, 0.1) is 0 Å². The van der Waals surface area contributed by atoms with Gasteiger partial charge in [0, 0.05) is 38.1 Å². The predicted molar refractivity (Wildman–Crippen MR) is 85.5 cm³/mol. The summed E-state index contributed by atoms with van der Waals surface area (Å²) in [7, 11) is 0. The molecule has 0 amide bonds. The molecule has 1 aliphatic rings. The second-order valence-corrected chi connectivity index (χ2v) is 6.50. The fourth-order valence-electron chi connectivity index (χ4n) is 2.47. The van der Waals surface area contributed by atoms with Gasteiger partial charge in [-0.2, -0.15) is 0 Å². The number of hydrogen-bond acceptors (Lipinski definition) is 2. The molecule has 1 unspecified atom stereocenters. The van der Waals surface area contributed by atoms with Gasteiger partial charge in [0.15, 0.2) is 0 Å². The van der Waals surface area contributed by atoms with E-state index >= 15 is 0 Å². The molecule has 0 fully saturated rings. The van der Waals surface area contributed by atoms with Gasteiger partial charge in [0.1, 0.15) is 11.9 Å². The molecule has 104 valence electrons. The highest BCUT2D eigenvalue weighted by atomic mass is 79.9. The first-order valence-electron chi connectivity index (χ1n) is 6.22. The summed E-state index contributed by atoms with van der Waals surface area (Å²) in [6.45, 7) is 0. The standard InChI is InChI=1S/C15H12BrCl2NO/c16-8-4-5-9-12(19)7-14(20-13(9)6-8)15-10(17)2-1-3-11(15)18/h1-6,12,14H,7,19H2/t12-,14?/m0/s1. The van der Waals surface area contributed by atoms with Crippen LogP contribution in [0.4, 0.5) is 0 Å². The Morgan fingerprint density at radius 3 is 2.55 bits per heavy atom. The predicted octanol–water partition coefficient (Wildman–Crippen LogP) is 5.28. The van der Waals surface area contributed by atoms with Crippen LogP contribution >= 0.6 is 39.1 Å². The first-order chi connectivity index (χ1) is 9.56. The van der Waals surface area contributed by atoms with Crippen LogP contribution in [0.3, 0.4) is 0 Å². The molecular formula is C15H12BrCl2NO. The smallest absolute Gasteiger partial charge is 0.128 e. The molecule has 2 atom stereocenters. The minimum atomic E-state index is -0.229. The highest BCUT2D eigenvalue weighted by Gasteiger charge is 2.29. The first kappa shape index (κ1) is 14.2. The maximum absolute atomic E-state index is 6.25. The zero-order chi connectivity index (χ0) is 14.3. The molecule has 3 rings (SSSR count). The molecule has 0 aliphatic carbocycles. The van der Waals surface area contributed by atoms with Gasteiger partial charge in [-0.25, -0.2) is 0 Å². The lowest BCUT2D eigenvalue weighted by atomic mass is 9.93. The van der Waals surface area contributed by atoms with Crippen LogP contribution in [0.2, 0.25) is 10.0 Å². The Morgan fingerprint density at radius 2 is 1.85 bits per heavy atom. The fraction of sp³-hybridized carbons (Fsp3) is 0.200. The Bertz CT molecular complexity index is 642. The highest BCUT2D eigenvalue weighted by molar-refractivity contribution is 9.10. The molecule has 0 saturated heterocycles. The summed E-state index contributed by atoms with van der Waals surface area (Å²) in [5, 5.41) is 1.21. The van der Waals surface area contributed by atoms with Gasteiger partial charge in [0.25, 0.3) is 0 Å². The summed E-state index contributed by atoms with van der Waals surface area (Å²) < 4.78 is 7.01. The average molecular weight is 373 g/mol. The Balaban J connectivity index is 2.03. The molecule has 2 aromatic carbocycles. The van der Waals surface area contributed by atoms with Gasteiger partial charge in [-0.3, -0.25) is 0 Å². The minimum absolute atomic E-state index is 0.0933. The van der Waals surface area contributed by atoms with Crippen LogP contribution in [-0.2, 0) is 0 Å². The molecule has 2 nitrogen and oxygen atoms in total. The lowest BCUT2D eigenvalue weighted by molar-refractivity contribution is 0.161. The monoisotopic (exact) mass is 371 g/mol. The van der Waals surface area contributed by atoms with Gasteiger partial charge in [-0.1, -0.05) is 51.3 Å². The maximum atomic E-state index is 6.25. The van der Waals surface area contributed by atoms with Gasteiger partial charge >= 0.3 is 0 Å². The molecule has 0 bridgehead atoms. The minimum Gasteiger partial charge on any atom is -0.485 e. The summed E-state index contributed by atoms with van der Waals surface area (Å²) in [5.41, 5.74) is 8.05. The van der Waals surface area contributed by atoms with E-state index in [1.807, 2.05) is 36.4 Å². The van der Waals surface area contributed by atoms with Crippen molar-refractivity contribution in [3.8, 4) is 5.75 Å². The number of nitrogens with two attached hydrogens (primary N) is 1. The summed E-state index contributed by atoms with van der Waals surface area (Å²) in [6, 6.07) is 11.2. The lowest BCUT2D eigenvalue weighted by Crippen LogP contribution is -2.24. The summed E-state index contributed by atoms with van der Waals surface area (Å²) in [6.07, 6.45) is 0.422. The van der Waals surface area contributed by atoms with Crippen LogP contribution in [0.1, 0.15) is 29.7 Å². The van der Waals surface area contributed by atoms with Crippen molar-refractivity contribution >= 4 is 39.1 Å². The molecule has 5 heteroatoms. The molecule has 1 heterocycles. The van der Waals surface area contributed by atoms with Crippen molar-refractivity contribution in [1.82, 2.24) is 0 Å². The van der Waals surface area contributed by atoms with E-state index < -0.39 is 0 Å². The SMILES string of the molecule is N[C@H]1CC(c2c(Cl)cccc2Cl)Oc2cc(Br)ccc21. The van der Waals surface area contributed by atoms with Crippen molar-refractivity contribution < 1.29 is 4.74 Å². The van der Waals surface area contributed by atoms with Gasteiger partial charge in [-0.05, 0) is 24.3 Å². The Labute approximate surface area is 136 Å². The van der Waals surface area contributed by atoms with E-state index in [0.717, 1.165) is 21.3 Å². The molecular weight excluding hydrogens is 361 g/mol. The van der Waals surface area contributed by atoms with E-state index in [4.69, 9.17) is 33.7 Å². The fourth-order valence-corrected chi connectivity index (χ4v) is 3.45. The van der Waals surface area contributed by atoms with E-state index in [-0.39, 0.29) is 12.1 Å². The molecule has 0 spiro atoms. The molecule has 2 aromatic rings. The summed E-state index contributed by atoms with van der Waals surface area (Å²) in [4.78, 5) is 0. The molecule has 1 aliphatic heterocycles. The number of rotatable bonds is 1. The molecule has 0 saturated carbocycles. The number of halogens is 3. The number of fused-ring (bicyclic) bond motifs is 1. The third kappa shape index (κ3) is 2.56. The summed E-state index contributed by atoms with van der Waals surface area (Å²) >= 11 is 16.0. The van der Waals surface area contributed by atoms with Crippen LogP contribution in [-0.4, -0.2) is 0 Å². The third-order valence-corrected chi connectivity index (χ3v) is 4.59. The second-order valence-electron chi connectivity index (χ2n) is 4.77. The zero-order valence-electron chi connectivity index (χ0n) is 10.4. The zero-order valence-corrected chi connectivity index (χ0v) is 13.5. The summed E-state index contributed by atoms with van der Waals surface area (Å²) in [5.74, 6) is 0.777. The van der Waals surface area contributed by atoms with Crippen LogP contribution in [0.5, 0.6) is 5.75 Å². The van der Waals surface area contributed by atoms with E-state index in [2.05, 4.69) is 15.9 Å². The van der Waals surface area contributed by atoms with E-state index in [0.29, 0.717) is 16.5 Å². The second kappa shape index (κ2) is 5.57. The number of ether oxygens (including phenoxy) is 1. The third-order valence-electron chi connectivity index (χ3n) is 3.43. The molecule has 0 radical (unpaired) electrons. The van der Waals surface area contributed by atoms with Crippen molar-refractivity contribution in [2.75, 3.05) is 0 Å². The first-order valence-corrected chi connectivity index (χ1v) is 7.76. The van der Waals surface area contributed by atoms with Crippen LogP contribution < -0.4 is 10.5 Å². The Hall–Kier alpha value is -0.740. The van der Waals surface area contributed by atoms with E-state index in [1.165, 1.54) is 0 Å². The van der Waals surface area contributed by atoms with Crippen molar-refractivity contribution in [3.05, 3.63) is 62.0 Å². The Kier molecular flexibility index (Phi) is 3.95.